The number of fused-ring (bicyclic) bond motifs is 3. The molecule has 0 spiro atoms. The van der Waals surface area contributed by atoms with Gasteiger partial charge in [0.1, 0.15) is 0 Å². The Balaban J connectivity index is 1.88. The third-order valence-corrected chi connectivity index (χ3v) is 16.1. The SMILES string of the molecule is CC1=C(C)[C](C)([Hf+2][C]2=C(C[Si](C)(C)C)c3c(ccc4ccccc34)C2)C(C)=C1C. The summed E-state index contributed by atoms with van der Waals surface area (Å²) < 4.78 is 2.26. The van der Waals surface area contributed by atoms with Gasteiger partial charge in [0.05, 0.1) is 0 Å². The average molecular weight is 565 g/mol. The molecule has 0 saturated heterocycles. The van der Waals surface area contributed by atoms with E-state index in [9.17, 15) is 0 Å². The first-order valence-corrected chi connectivity index (χ1v) is 18.2. The van der Waals surface area contributed by atoms with Crippen molar-refractivity contribution >= 4 is 24.4 Å². The molecule has 0 atom stereocenters. The van der Waals surface area contributed by atoms with E-state index in [1.165, 1.54) is 23.2 Å². The van der Waals surface area contributed by atoms with Gasteiger partial charge in [-0.25, -0.2) is 0 Å². The Morgan fingerprint density at radius 1 is 0.897 bits per heavy atom. The second kappa shape index (κ2) is 7.30. The van der Waals surface area contributed by atoms with Crippen molar-refractivity contribution in [3.05, 3.63) is 73.1 Å². The molecule has 2 aliphatic rings. The van der Waals surface area contributed by atoms with Crippen LogP contribution in [-0.2, 0) is 29.3 Å². The fourth-order valence-corrected chi connectivity index (χ4v) is 14.5. The Kier molecular flexibility index (Phi) is 5.35. The van der Waals surface area contributed by atoms with Gasteiger partial charge < -0.3 is 0 Å². The van der Waals surface area contributed by atoms with Crippen molar-refractivity contribution in [1.29, 1.82) is 0 Å². The number of benzene rings is 2. The molecule has 0 saturated carbocycles. The summed E-state index contributed by atoms with van der Waals surface area (Å²) in [6.45, 7) is 19.7. The summed E-state index contributed by atoms with van der Waals surface area (Å²) >= 11 is -1.10. The van der Waals surface area contributed by atoms with E-state index in [0.717, 1.165) is 0 Å². The molecule has 29 heavy (non-hydrogen) atoms. The zero-order valence-electron chi connectivity index (χ0n) is 19.4. The number of allylic oxidation sites excluding steroid dienone is 6. The van der Waals surface area contributed by atoms with Gasteiger partial charge in [0.2, 0.25) is 0 Å². The van der Waals surface area contributed by atoms with Crippen molar-refractivity contribution in [3.8, 4) is 0 Å². The monoisotopic (exact) mass is 566 g/mol. The third kappa shape index (κ3) is 3.55. The standard InChI is InChI=1S/C17H19Si.C10H15.Hf/c1-18(2,3)12-15-11-10-14-9-8-13-6-4-5-7-16(13)17(14)15;1-6-7(2)9(4)10(5)8(6)3;/h4-9H,10,12H2,1-3H3;1-5H3;/q;;+2. The second-order valence-electron chi connectivity index (χ2n) is 10.4. The Labute approximate surface area is 189 Å². The van der Waals surface area contributed by atoms with Gasteiger partial charge in [-0.15, -0.1) is 0 Å². The van der Waals surface area contributed by atoms with Gasteiger partial charge in [-0.3, -0.25) is 0 Å². The minimum absolute atomic E-state index is 0.367. The molecule has 0 heterocycles. The maximum atomic E-state index is 2.57. The molecule has 2 aromatic rings. The van der Waals surface area contributed by atoms with Crippen LogP contribution in [0.3, 0.4) is 0 Å². The molecule has 0 radical (unpaired) electrons. The van der Waals surface area contributed by atoms with Gasteiger partial charge in [-0.05, 0) is 0 Å². The summed E-state index contributed by atoms with van der Waals surface area (Å²) in [6, 6.07) is 15.1. The van der Waals surface area contributed by atoms with Crippen LogP contribution in [0.5, 0.6) is 0 Å². The van der Waals surface area contributed by atoms with Crippen LogP contribution in [0.1, 0.15) is 45.7 Å². The second-order valence-corrected chi connectivity index (χ2v) is 22.6. The van der Waals surface area contributed by atoms with Crippen LogP contribution in [0.2, 0.25) is 28.9 Å². The van der Waals surface area contributed by atoms with Crippen LogP contribution in [0.15, 0.2) is 62.0 Å². The van der Waals surface area contributed by atoms with E-state index in [4.69, 9.17) is 0 Å². The summed E-state index contributed by atoms with van der Waals surface area (Å²) in [5.41, 5.74) is 11.4. The predicted molar refractivity (Wildman–Crippen MR) is 128 cm³/mol. The van der Waals surface area contributed by atoms with E-state index in [2.05, 4.69) is 90.7 Å². The normalized spacial score (nSPS) is 18.8. The summed E-state index contributed by atoms with van der Waals surface area (Å²) in [6.07, 6.45) is 1.22. The van der Waals surface area contributed by atoms with E-state index in [1.54, 1.807) is 39.0 Å². The number of hydrogen-bond donors (Lipinski definition) is 0. The number of rotatable bonds is 4. The Bertz CT molecular complexity index is 1080. The predicted octanol–water partition coefficient (Wildman–Crippen LogP) is 8.39. The van der Waals surface area contributed by atoms with Crippen molar-refractivity contribution in [1.82, 2.24) is 0 Å². The summed E-state index contributed by atoms with van der Waals surface area (Å²) in [4.78, 5) is 0. The topological polar surface area (TPSA) is 0 Å². The van der Waals surface area contributed by atoms with Crippen molar-refractivity contribution in [2.45, 2.75) is 69.9 Å². The molecule has 0 fully saturated rings. The molecular weight excluding hydrogens is 531 g/mol. The molecule has 148 valence electrons. The third-order valence-electron chi connectivity index (χ3n) is 7.34. The van der Waals surface area contributed by atoms with Crippen LogP contribution < -0.4 is 0 Å². The van der Waals surface area contributed by atoms with E-state index in [-0.39, 0.29) is 0 Å². The van der Waals surface area contributed by atoms with Gasteiger partial charge in [0.15, 0.2) is 0 Å². The van der Waals surface area contributed by atoms with Gasteiger partial charge in [-0.2, -0.15) is 0 Å². The summed E-state index contributed by atoms with van der Waals surface area (Å²) in [5.74, 6) is 0. The summed E-state index contributed by atoms with van der Waals surface area (Å²) in [7, 11) is -1.21. The molecule has 2 aliphatic carbocycles. The fraction of sp³-hybridized carbons (Fsp3) is 0.407. The minimum atomic E-state index is -1.21. The summed E-state index contributed by atoms with van der Waals surface area (Å²) in [5, 5.41) is 2.89. The van der Waals surface area contributed by atoms with Gasteiger partial charge in [0, 0.05) is 0 Å². The molecule has 0 unspecified atom stereocenters. The van der Waals surface area contributed by atoms with E-state index >= 15 is 0 Å². The van der Waals surface area contributed by atoms with Crippen LogP contribution >= 0.6 is 0 Å². The first-order chi connectivity index (χ1) is 13.5. The first kappa shape index (κ1) is 21.2. The molecule has 0 nitrogen and oxygen atoms in total. The molecule has 0 N–H and O–H groups in total. The van der Waals surface area contributed by atoms with Crippen molar-refractivity contribution in [2.75, 3.05) is 0 Å². The van der Waals surface area contributed by atoms with Crippen molar-refractivity contribution < 1.29 is 22.9 Å². The average Bonchev–Trinajstić information content (AvgIpc) is 3.06. The van der Waals surface area contributed by atoms with Gasteiger partial charge in [-0.1, -0.05) is 0 Å². The van der Waals surface area contributed by atoms with Crippen LogP contribution in [0.25, 0.3) is 16.3 Å². The molecule has 4 rings (SSSR count). The van der Waals surface area contributed by atoms with Crippen LogP contribution in [0.4, 0.5) is 0 Å². The molecule has 2 heteroatoms. The van der Waals surface area contributed by atoms with Gasteiger partial charge >= 0.3 is 190 Å². The fourth-order valence-electron chi connectivity index (χ4n) is 5.20. The quantitative estimate of drug-likeness (QED) is 0.327. The van der Waals surface area contributed by atoms with Crippen LogP contribution in [0, 0.1) is 0 Å². The molecule has 2 aromatic carbocycles. The first-order valence-electron chi connectivity index (χ1n) is 10.9. The zero-order chi connectivity index (χ0) is 21.1. The molecule has 0 bridgehead atoms. The molecule has 0 aliphatic heterocycles. The van der Waals surface area contributed by atoms with E-state index in [0.29, 0.717) is 3.17 Å². The molecule has 0 aromatic heterocycles. The Morgan fingerprint density at radius 3 is 2.14 bits per heavy atom. The van der Waals surface area contributed by atoms with Crippen LogP contribution in [-0.4, -0.2) is 8.07 Å². The molecular formula is C27H34HfSi+2. The van der Waals surface area contributed by atoms with E-state index in [1.807, 2.05) is 3.33 Å². The van der Waals surface area contributed by atoms with Gasteiger partial charge in [0.25, 0.3) is 0 Å². The van der Waals surface area contributed by atoms with Crippen molar-refractivity contribution in [2.24, 2.45) is 0 Å². The maximum absolute atomic E-state index is 2.57. The molecule has 0 amide bonds. The van der Waals surface area contributed by atoms with Crippen molar-refractivity contribution in [3.63, 3.8) is 0 Å². The zero-order valence-corrected chi connectivity index (χ0v) is 24.0. The number of hydrogen-bond acceptors (Lipinski definition) is 0. The van der Waals surface area contributed by atoms with E-state index < -0.39 is 31.0 Å². The Hall–Kier alpha value is -0.993. The Morgan fingerprint density at radius 2 is 1.52 bits per heavy atom.